The number of nitrogens with one attached hydrogen (secondary N) is 1. The third-order valence-electron chi connectivity index (χ3n) is 9.90. The molecule has 2 aromatic carbocycles. The number of nitrogens with two attached hydrogens (primary N) is 1. The minimum absolute atomic E-state index is 0. The van der Waals surface area contributed by atoms with Crippen LogP contribution in [0.4, 0.5) is 5.82 Å². The third-order valence-corrected chi connectivity index (χ3v) is 10.4. The van der Waals surface area contributed by atoms with Gasteiger partial charge < -0.3 is 11.1 Å². The van der Waals surface area contributed by atoms with Crippen molar-refractivity contribution in [1.82, 2.24) is 34.4 Å². The molecule has 0 amide bonds. The predicted octanol–water partition coefficient (Wildman–Crippen LogP) is 8.79. The zero-order valence-electron chi connectivity index (χ0n) is 33.1. The van der Waals surface area contributed by atoms with Gasteiger partial charge in [0.1, 0.15) is 17.5 Å². The fraction of sp³-hybridized carbons (Fsp3) is 0.422. The average molecular weight is 824 g/mol. The Labute approximate surface area is 340 Å². The maximum Gasteiger partial charge on any atom is 0.261 e. The Morgan fingerprint density at radius 1 is 0.768 bits per heavy atom. The van der Waals surface area contributed by atoms with Crippen LogP contribution in [-0.2, 0) is 32.4 Å². The van der Waals surface area contributed by atoms with Crippen LogP contribution in [0.25, 0.3) is 21.8 Å². The van der Waals surface area contributed by atoms with E-state index in [2.05, 4.69) is 70.8 Å². The van der Waals surface area contributed by atoms with Crippen molar-refractivity contribution in [2.75, 3.05) is 19.3 Å². The molecule has 4 aromatic heterocycles. The first-order valence-corrected chi connectivity index (χ1v) is 20.0. The Morgan fingerprint density at radius 3 is 1.79 bits per heavy atom. The monoisotopic (exact) mass is 822 g/mol. The average Bonchev–Trinajstić information content (AvgIpc) is 3.16. The van der Waals surface area contributed by atoms with Crippen LogP contribution >= 0.6 is 15.9 Å². The molecule has 11 heteroatoms. The summed E-state index contributed by atoms with van der Waals surface area (Å²) in [5.41, 5.74) is 9.52. The number of aromatic nitrogens is 6. The fourth-order valence-electron chi connectivity index (χ4n) is 6.73. The molecule has 0 radical (unpaired) electrons. The summed E-state index contributed by atoms with van der Waals surface area (Å²) in [6.07, 6.45) is 10.7. The Kier molecular flexibility index (Phi) is 15.6. The van der Waals surface area contributed by atoms with Crippen molar-refractivity contribution in [3.63, 3.8) is 0 Å². The molecule has 6 heterocycles. The third kappa shape index (κ3) is 11.9. The first-order chi connectivity index (χ1) is 26.3. The van der Waals surface area contributed by atoms with E-state index in [0.29, 0.717) is 16.6 Å². The quantitative estimate of drug-likeness (QED) is 0.165. The molecule has 0 fully saturated rings. The van der Waals surface area contributed by atoms with E-state index < -0.39 is 0 Å². The van der Waals surface area contributed by atoms with Crippen LogP contribution in [0.1, 0.15) is 90.6 Å². The van der Waals surface area contributed by atoms with Gasteiger partial charge in [0.05, 0.1) is 21.8 Å². The summed E-state index contributed by atoms with van der Waals surface area (Å²) >= 11 is 3.42. The number of pyridine rings is 2. The molecule has 298 valence electrons. The van der Waals surface area contributed by atoms with Crippen molar-refractivity contribution in [3.05, 3.63) is 133 Å². The van der Waals surface area contributed by atoms with Crippen molar-refractivity contribution < 1.29 is 0 Å². The molecule has 56 heavy (non-hydrogen) atoms. The molecule has 0 unspecified atom stereocenters. The normalized spacial score (nSPS) is 14.6. The molecule has 0 spiro atoms. The van der Waals surface area contributed by atoms with Gasteiger partial charge in [-0.15, -0.1) is 0 Å². The Morgan fingerprint density at radius 2 is 1.32 bits per heavy atom. The number of hydrogen-bond donors (Lipinski definition) is 2. The van der Waals surface area contributed by atoms with Crippen molar-refractivity contribution in [1.29, 1.82) is 0 Å². The standard InChI is InChI=1S/C20H21N3O.C14H15BrN2O.C5H6N2.C5H13N.CH4/c1-20(2)9-8-18-22-17-12-14(11-15-5-3-4-10-21-15)6-7-16(17)19(24)23(18)13-20;1-14(2)6-5-12-16-11-7-9(15)3-4-10(11)13(18)17(12)8-14;6-5-3-1-2-4-7-5;1-3-4-5-6-2;/h3-7,10,12H,8-9,11,13H2,1-2H3;3-4,7H,5-6,8H2,1-2H3;1-4H,(H2,6,7);6H,3-5H2,1-2H3;1H4. The molecule has 6 aromatic rings. The van der Waals surface area contributed by atoms with Gasteiger partial charge in [0.25, 0.3) is 11.1 Å². The van der Waals surface area contributed by atoms with E-state index in [1.165, 1.54) is 12.8 Å². The summed E-state index contributed by atoms with van der Waals surface area (Å²) in [5, 5.41) is 4.49. The number of halogens is 1. The molecular formula is C45H59BrN8O2. The number of fused-ring (bicyclic) bond motifs is 4. The fourth-order valence-corrected chi connectivity index (χ4v) is 7.08. The smallest absolute Gasteiger partial charge is 0.261 e. The molecular weight excluding hydrogens is 764 g/mol. The van der Waals surface area contributed by atoms with Gasteiger partial charge in [-0.05, 0) is 104 Å². The SMILES string of the molecule is C.CC1(C)CCc2nc3cc(Br)ccc3c(=O)n2C1.CC1(C)CCc2nc3cc(Cc4ccccn4)ccc3c(=O)n2C1.CCCCNC.Nc1ccccn1. The van der Waals surface area contributed by atoms with Crippen molar-refractivity contribution in [2.45, 2.75) is 100 Å². The van der Waals surface area contributed by atoms with Gasteiger partial charge in [-0.25, -0.2) is 15.0 Å². The highest BCUT2D eigenvalue weighted by Gasteiger charge is 2.28. The van der Waals surface area contributed by atoms with Crippen LogP contribution in [0.15, 0.2) is 99.3 Å². The zero-order chi connectivity index (χ0) is 39.6. The lowest BCUT2D eigenvalue weighted by Crippen LogP contribution is -2.36. The number of rotatable bonds is 5. The highest BCUT2D eigenvalue weighted by atomic mass is 79.9. The lowest BCUT2D eigenvalue weighted by atomic mass is 9.85. The first kappa shape index (κ1) is 44.0. The van der Waals surface area contributed by atoms with Crippen LogP contribution in [0, 0.1) is 10.8 Å². The highest BCUT2D eigenvalue weighted by Crippen LogP contribution is 2.31. The van der Waals surface area contributed by atoms with Crippen LogP contribution in [0.5, 0.6) is 0 Å². The van der Waals surface area contributed by atoms with E-state index >= 15 is 0 Å². The van der Waals surface area contributed by atoms with Gasteiger partial charge in [-0.3, -0.25) is 23.7 Å². The van der Waals surface area contributed by atoms with E-state index in [0.717, 1.165) is 90.2 Å². The Bertz CT molecular complexity index is 2300. The predicted molar refractivity (Wildman–Crippen MR) is 235 cm³/mol. The van der Waals surface area contributed by atoms with E-state index in [4.69, 9.17) is 10.7 Å². The molecule has 2 aliphatic rings. The summed E-state index contributed by atoms with van der Waals surface area (Å²) in [4.78, 5) is 42.9. The summed E-state index contributed by atoms with van der Waals surface area (Å²) in [7, 11) is 1.98. The number of unbranched alkanes of at least 4 members (excludes halogenated alkanes) is 1. The van der Waals surface area contributed by atoms with Crippen LogP contribution in [0.3, 0.4) is 0 Å². The molecule has 0 saturated carbocycles. The van der Waals surface area contributed by atoms with Crippen molar-refractivity contribution in [3.8, 4) is 0 Å². The number of nitrogens with zero attached hydrogens (tertiary/aromatic N) is 6. The largest absolute Gasteiger partial charge is 0.384 e. The van der Waals surface area contributed by atoms with E-state index in [1.807, 2.05) is 82.9 Å². The van der Waals surface area contributed by atoms with Crippen LogP contribution in [0.2, 0.25) is 0 Å². The Balaban J connectivity index is 0.000000190. The number of hydrogen-bond acceptors (Lipinski definition) is 8. The van der Waals surface area contributed by atoms with E-state index in [-0.39, 0.29) is 29.4 Å². The topological polar surface area (TPSA) is 134 Å². The number of nitrogen functional groups attached to an aromatic ring is 1. The number of benzene rings is 2. The second kappa shape index (κ2) is 19.9. The maximum absolute atomic E-state index is 12.8. The second-order valence-electron chi connectivity index (χ2n) is 15.9. The molecule has 0 aliphatic carbocycles. The van der Waals surface area contributed by atoms with Crippen LogP contribution < -0.4 is 22.2 Å². The van der Waals surface area contributed by atoms with Gasteiger partial charge in [-0.1, -0.05) is 82.6 Å². The molecule has 10 nitrogen and oxygen atoms in total. The minimum Gasteiger partial charge on any atom is -0.384 e. The lowest BCUT2D eigenvalue weighted by Gasteiger charge is -2.31. The zero-order valence-corrected chi connectivity index (χ0v) is 34.7. The van der Waals surface area contributed by atoms with Gasteiger partial charge in [-0.2, -0.15) is 0 Å². The minimum atomic E-state index is 0. The number of anilines is 1. The van der Waals surface area contributed by atoms with Gasteiger partial charge in [0.2, 0.25) is 0 Å². The molecule has 0 atom stereocenters. The summed E-state index contributed by atoms with van der Waals surface area (Å²) in [6.45, 7) is 13.7. The summed E-state index contributed by atoms with van der Waals surface area (Å²) < 4.78 is 4.67. The number of aryl methyl sites for hydroxylation is 2. The van der Waals surface area contributed by atoms with Crippen molar-refractivity contribution in [2.24, 2.45) is 10.8 Å². The first-order valence-electron chi connectivity index (χ1n) is 19.2. The molecule has 0 bridgehead atoms. The molecule has 8 rings (SSSR count). The van der Waals surface area contributed by atoms with Gasteiger partial charge in [0, 0.05) is 54.9 Å². The maximum atomic E-state index is 12.8. The van der Waals surface area contributed by atoms with Crippen molar-refractivity contribution >= 4 is 43.6 Å². The Hall–Kier alpha value is -4.74. The lowest BCUT2D eigenvalue weighted by molar-refractivity contribution is 0.240. The highest BCUT2D eigenvalue weighted by molar-refractivity contribution is 9.10. The molecule has 2 aliphatic heterocycles. The van der Waals surface area contributed by atoms with E-state index in [1.54, 1.807) is 18.5 Å². The van der Waals surface area contributed by atoms with E-state index in [9.17, 15) is 9.59 Å². The second-order valence-corrected chi connectivity index (χ2v) is 16.8. The summed E-state index contributed by atoms with van der Waals surface area (Å²) in [6, 6.07) is 23.0. The van der Waals surface area contributed by atoms with Gasteiger partial charge in [0.15, 0.2) is 0 Å². The van der Waals surface area contributed by atoms with Gasteiger partial charge >= 0.3 is 0 Å². The molecule has 3 N–H and O–H groups in total. The molecule has 0 saturated heterocycles. The van der Waals surface area contributed by atoms with Crippen LogP contribution in [-0.4, -0.2) is 42.7 Å². The summed E-state index contributed by atoms with van der Waals surface area (Å²) in [5.74, 6) is 2.41.